The molecular formula is C40H36IrN2OSi2-2. The van der Waals surface area contributed by atoms with Crippen molar-refractivity contribution in [2.24, 2.45) is 0 Å². The molecule has 0 N–H and O–H groups in total. The second-order valence-corrected chi connectivity index (χ2v) is 22.5. The van der Waals surface area contributed by atoms with E-state index in [9.17, 15) is 0 Å². The molecule has 0 amide bonds. The Bertz CT molecular complexity index is 2290. The van der Waals surface area contributed by atoms with Crippen molar-refractivity contribution in [1.29, 1.82) is 0 Å². The molecule has 0 aliphatic carbocycles. The summed E-state index contributed by atoms with van der Waals surface area (Å²) >= 11 is 0. The number of furan rings is 1. The first-order chi connectivity index (χ1) is 22.8. The van der Waals surface area contributed by atoms with Crippen molar-refractivity contribution in [3.63, 3.8) is 0 Å². The summed E-state index contributed by atoms with van der Waals surface area (Å²) in [5.74, 6) is 0. The maximum absolute atomic E-state index is 7.75. The van der Waals surface area contributed by atoms with Crippen LogP contribution in [0.1, 0.15) is 9.68 Å². The van der Waals surface area contributed by atoms with Crippen LogP contribution in [0.4, 0.5) is 0 Å². The Hall–Kier alpha value is -3.94. The van der Waals surface area contributed by atoms with Gasteiger partial charge in [0.1, 0.15) is 13.7 Å². The van der Waals surface area contributed by atoms with Crippen LogP contribution in [0.15, 0.2) is 114 Å². The van der Waals surface area contributed by atoms with Crippen LogP contribution in [0, 0.1) is 19.0 Å². The minimum absolute atomic E-state index is 0. The number of pyridine rings is 2. The maximum atomic E-state index is 7.75. The van der Waals surface area contributed by atoms with Crippen molar-refractivity contribution >= 4 is 53.6 Å². The summed E-state index contributed by atoms with van der Waals surface area (Å²) in [5.41, 5.74) is 7.76. The van der Waals surface area contributed by atoms with E-state index in [0.717, 1.165) is 27.6 Å². The van der Waals surface area contributed by atoms with Crippen molar-refractivity contribution in [2.45, 2.75) is 39.6 Å². The molecule has 4 heterocycles. The smallest absolute Gasteiger partial charge is 0.121 e. The quantitative estimate of drug-likeness (QED) is 0.133. The number of hydrogen-bond acceptors (Lipinski definition) is 3. The zero-order chi connectivity index (χ0) is 33.8. The number of fused-ring (bicyclic) bond motifs is 7. The number of hydrogen-bond donors (Lipinski definition) is 0. The van der Waals surface area contributed by atoms with Gasteiger partial charge in [0.25, 0.3) is 0 Å². The molecule has 8 rings (SSSR count). The molecule has 1 aliphatic rings. The van der Waals surface area contributed by atoms with Gasteiger partial charge >= 0.3 is 0 Å². The minimum atomic E-state index is -2.19. The summed E-state index contributed by atoms with van der Waals surface area (Å²) in [6.07, 6.45) is 3.55. The Labute approximate surface area is 291 Å². The van der Waals surface area contributed by atoms with Crippen LogP contribution in [0.3, 0.4) is 0 Å². The van der Waals surface area contributed by atoms with Gasteiger partial charge in [0.15, 0.2) is 0 Å². The van der Waals surface area contributed by atoms with E-state index in [1.165, 1.54) is 39.0 Å². The van der Waals surface area contributed by atoms with Crippen LogP contribution >= 0.6 is 0 Å². The van der Waals surface area contributed by atoms with Gasteiger partial charge in [0.2, 0.25) is 0 Å². The molecule has 46 heavy (non-hydrogen) atoms. The molecule has 7 aromatic rings. The molecule has 0 spiro atoms. The minimum Gasteiger partial charge on any atom is -0.501 e. The molecule has 6 heteroatoms. The molecule has 3 nitrogen and oxygen atoms in total. The SMILES string of the molecule is C[Si](C)(C)c1ccc(-c2[c-]cccc2)nc1.[2H]C([2H])([2H])c1ccnc(-c2[c-]ccc3c2oc2c4c(ccc23)-c2ccccc2[Si]4(C)C)c1.[Ir]. The summed E-state index contributed by atoms with van der Waals surface area (Å²) in [7, 11) is -3.16. The van der Waals surface area contributed by atoms with Gasteiger partial charge in [-0.3, -0.25) is 0 Å². The van der Waals surface area contributed by atoms with Crippen molar-refractivity contribution in [2.75, 3.05) is 0 Å². The van der Waals surface area contributed by atoms with Gasteiger partial charge in [-0.15, -0.1) is 54.1 Å². The second kappa shape index (κ2) is 12.3. The van der Waals surface area contributed by atoms with Gasteiger partial charge in [-0.2, -0.15) is 0 Å². The molecule has 0 saturated carbocycles. The second-order valence-electron chi connectivity index (χ2n) is 13.1. The van der Waals surface area contributed by atoms with Gasteiger partial charge in [0, 0.05) is 42.0 Å². The fourth-order valence-electron chi connectivity index (χ4n) is 6.35. The van der Waals surface area contributed by atoms with E-state index in [0.29, 0.717) is 16.8 Å². The molecule has 1 aliphatic heterocycles. The molecule has 0 saturated heterocycles. The molecule has 0 atom stereocenters. The molecule has 3 aromatic heterocycles. The Morgan fingerprint density at radius 1 is 0.761 bits per heavy atom. The fourth-order valence-corrected chi connectivity index (χ4v) is 10.7. The molecule has 1 radical (unpaired) electrons. The van der Waals surface area contributed by atoms with Crippen molar-refractivity contribution in [1.82, 2.24) is 9.97 Å². The van der Waals surface area contributed by atoms with Gasteiger partial charge in [0.05, 0.1) is 13.7 Å². The molecule has 0 bridgehead atoms. The van der Waals surface area contributed by atoms with Crippen LogP contribution in [-0.4, -0.2) is 26.1 Å². The fraction of sp³-hybridized carbons (Fsp3) is 0.150. The molecule has 4 aromatic carbocycles. The summed E-state index contributed by atoms with van der Waals surface area (Å²) in [6.45, 7) is 9.55. The third-order valence-electron chi connectivity index (χ3n) is 8.75. The van der Waals surface area contributed by atoms with Gasteiger partial charge in [-0.05, 0) is 51.0 Å². The standard InChI is InChI=1S/C26H20NOSi.C14H16NSi.Ir/c1-16-13-14-27-22(15-16)21-9-6-8-18-19-11-12-20-17-7-4-5-10-23(17)29(2,3)26(20)25(19)28-24(18)21;1-16(2,3)13-9-10-14(15-11-13)12-7-5-4-6-8-12;/h4-8,10-15H,1-3H3;4-7,9-11H,1-3H3;/q2*-1;/i1D3;;. The summed E-state index contributed by atoms with van der Waals surface area (Å²) in [4.78, 5) is 8.96. The summed E-state index contributed by atoms with van der Waals surface area (Å²) in [5, 5.41) is 6.23. The average molecular weight is 812 g/mol. The Morgan fingerprint density at radius 3 is 2.30 bits per heavy atom. The number of aromatic nitrogens is 2. The largest absolute Gasteiger partial charge is 0.501 e. The average Bonchev–Trinajstić information content (AvgIpc) is 3.57. The van der Waals surface area contributed by atoms with E-state index in [1.54, 1.807) is 6.07 Å². The third kappa shape index (κ3) is 5.65. The first-order valence-corrected chi connectivity index (χ1v) is 21.7. The predicted molar refractivity (Wildman–Crippen MR) is 194 cm³/mol. The number of benzene rings is 4. The van der Waals surface area contributed by atoms with E-state index in [4.69, 9.17) is 8.53 Å². The van der Waals surface area contributed by atoms with Crippen LogP contribution in [0.5, 0.6) is 0 Å². The van der Waals surface area contributed by atoms with Crippen molar-refractivity contribution < 1.29 is 28.6 Å². The Morgan fingerprint density at radius 2 is 1.57 bits per heavy atom. The Kier molecular flexibility index (Phi) is 7.60. The van der Waals surface area contributed by atoms with Crippen LogP contribution < -0.4 is 15.6 Å². The topological polar surface area (TPSA) is 38.9 Å². The molecule has 0 fully saturated rings. The zero-order valence-corrected chi connectivity index (χ0v) is 30.9. The molecule has 231 valence electrons. The van der Waals surface area contributed by atoms with Crippen LogP contribution in [0.2, 0.25) is 32.7 Å². The summed E-state index contributed by atoms with van der Waals surface area (Å²) in [6, 6.07) is 38.7. The van der Waals surface area contributed by atoms with Gasteiger partial charge in [-0.25, -0.2) is 0 Å². The number of nitrogens with zero attached hydrogens (tertiary/aromatic N) is 2. The van der Waals surface area contributed by atoms with Gasteiger partial charge in [-0.1, -0.05) is 104 Å². The van der Waals surface area contributed by atoms with Crippen molar-refractivity contribution in [3.8, 4) is 33.6 Å². The number of aryl methyl sites for hydroxylation is 1. The zero-order valence-electron chi connectivity index (χ0n) is 29.5. The van der Waals surface area contributed by atoms with Crippen LogP contribution in [-0.2, 0) is 20.1 Å². The van der Waals surface area contributed by atoms with Gasteiger partial charge < -0.3 is 14.4 Å². The predicted octanol–water partition coefficient (Wildman–Crippen LogP) is 8.65. The third-order valence-corrected chi connectivity index (χ3v) is 14.3. The monoisotopic (exact) mass is 812 g/mol. The maximum Gasteiger partial charge on any atom is 0.121 e. The van der Waals surface area contributed by atoms with Crippen molar-refractivity contribution in [3.05, 3.63) is 127 Å². The van der Waals surface area contributed by atoms with E-state index in [-0.39, 0.29) is 25.7 Å². The normalized spacial score (nSPS) is 14.2. The van der Waals surface area contributed by atoms with E-state index in [2.05, 4.69) is 103 Å². The first-order valence-electron chi connectivity index (χ1n) is 16.7. The van der Waals surface area contributed by atoms with Crippen LogP contribution in [0.25, 0.3) is 55.6 Å². The number of rotatable bonds is 3. The van der Waals surface area contributed by atoms with E-state index >= 15 is 0 Å². The molecule has 0 unspecified atom stereocenters. The molecular weight excluding hydrogens is 773 g/mol. The van der Waals surface area contributed by atoms with E-state index in [1.807, 2.05) is 42.6 Å². The van der Waals surface area contributed by atoms with E-state index < -0.39 is 23.0 Å². The summed E-state index contributed by atoms with van der Waals surface area (Å²) < 4.78 is 29.8. The Balaban J connectivity index is 0.000000208. The first kappa shape index (κ1) is 28.3.